The molecule has 1 aromatic rings. The molecule has 7 nitrogen and oxygen atoms in total. The number of methoxy groups -OCH3 is 1. The van der Waals surface area contributed by atoms with Gasteiger partial charge in [0.2, 0.25) is 11.8 Å². The first-order valence-corrected chi connectivity index (χ1v) is 7.10. The standard InChI is InChI=1S/C13H19ClN4O3/c1-21-9-13(5-11(15)19)3-2-4-18(13)12(20)8-17-7-10(14)6-16-17/h6-7H,2-5,8-9H2,1H3,(H2,15,19)/t13-/m0/s1. The van der Waals surface area contributed by atoms with Crippen molar-refractivity contribution in [3.63, 3.8) is 0 Å². The molecule has 2 N–H and O–H groups in total. The molecule has 1 fully saturated rings. The number of nitrogens with two attached hydrogens (primary N) is 1. The summed E-state index contributed by atoms with van der Waals surface area (Å²) < 4.78 is 6.70. The molecule has 21 heavy (non-hydrogen) atoms. The first-order valence-electron chi connectivity index (χ1n) is 6.72. The van der Waals surface area contributed by atoms with E-state index in [4.69, 9.17) is 22.1 Å². The number of halogens is 1. The van der Waals surface area contributed by atoms with Gasteiger partial charge in [-0.05, 0) is 12.8 Å². The summed E-state index contributed by atoms with van der Waals surface area (Å²) >= 11 is 5.79. The van der Waals surface area contributed by atoms with Crippen molar-refractivity contribution in [2.45, 2.75) is 31.3 Å². The molecule has 2 amide bonds. The van der Waals surface area contributed by atoms with Gasteiger partial charge in [-0.2, -0.15) is 5.10 Å². The Labute approximate surface area is 128 Å². The molecule has 1 atom stereocenters. The predicted octanol–water partition coefficient (Wildman–Crippen LogP) is 0.419. The van der Waals surface area contributed by atoms with E-state index in [1.807, 2.05) is 0 Å². The second-order valence-corrected chi connectivity index (χ2v) is 5.74. The quantitative estimate of drug-likeness (QED) is 0.824. The van der Waals surface area contributed by atoms with Gasteiger partial charge in [-0.1, -0.05) is 11.6 Å². The zero-order valence-corrected chi connectivity index (χ0v) is 12.7. The fourth-order valence-electron chi connectivity index (χ4n) is 2.95. The number of hydrogen-bond donors (Lipinski definition) is 1. The molecule has 0 spiro atoms. The normalized spacial score (nSPS) is 21.7. The molecule has 0 bridgehead atoms. The average molecular weight is 315 g/mol. The first kappa shape index (κ1) is 15.8. The van der Waals surface area contributed by atoms with E-state index in [0.717, 1.165) is 6.42 Å². The second kappa shape index (κ2) is 6.44. The summed E-state index contributed by atoms with van der Waals surface area (Å²) in [5.74, 6) is -0.556. The van der Waals surface area contributed by atoms with Gasteiger partial charge in [0.05, 0.1) is 29.8 Å². The largest absolute Gasteiger partial charge is 0.382 e. The summed E-state index contributed by atoms with van der Waals surface area (Å²) in [5, 5.41) is 4.47. The van der Waals surface area contributed by atoms with Crippen LogP contribution in [0.2, 0.25) is 5.02 Å². The number of likely N-dealkylation sites (tertiary alicyclic amines) is 1. The van der Waals surface area contributed by atoms with Crippen LogP contribution in [0.15, 0.2) is 12.4 Å². The van der Waals surface area contributed by atoms with Gasteiger partial charge in [-0.15, -0.1) is 0 Å². The number of ether oxygens (including phenoxy) is 1. The number of hydrogen-bond acceptors (Lipinski definition) is 4. The number of amides is 2. The summed E-state index contributed by atoms with van der Waals surface area (Å²) in [5.41, 5.74) is 4.69. The van der Waals surface area contributed by atoms with Crippen molar-refractivity contribution in [2.24, 2.45) is 5.73 Å². The van der Waals surface area contributed by atoms with E-state index in [1.54, 1.807) is 18.2 Å². The molecule has 1 saturated heterocycles. The highest BCUT2D eigenvalue weighted by Gasteiger charge is 2.44. The minimum absolute atomic E-state index is 0.0803. The van der Waals surface area contributed by atoms with Crippen LogP contribution in [0.3, 0.4) is 0 Å². The van der Waals surface area contributed by atoms with Gasteiger partial charge in [0.15, 0.2) is 0 Å². The smallest absolute Gasteiger partial charge is 0.244 e. The summed E-state index contributed by atoms with van der Waals surface area (Å²) in [6.45, 7) is 0.961. The number of aromatic nitrogens is 2. The van der Waals surface area contributed by atoms with E-state index in [9.17, 15) is 9.59 Å². The number of nitrogens with zero attached hydrogens (tertiary/aromatic N) is 3. The van der Waals surface area contributed by atoms with Crippen LogP contribution in [0.1, 0.15) is 19.3 Å². The molecule has 0 aromatic carbocycles. The van der Waals surface area contributed by atoms with Gasteiger partial charge in [0.25, 0.3) is 0 Å². The lowest BCUT2D eigenvalue weighted by atomic mass is 9.92. The van der Waals surface area contributed by atoms with Crippen molar-refractivity contribution < 1.29 is 14.3 Å². The van der Waals surface area contributed by atoms with Crippen molar-refractivity contribution in [3.8, 4) is 0 Å². The Balaban J connectivity index is 2.14. The minimum atomic E-state index is -0.644. The highest BCUT2D eigenvalue weighted by atomic mass is 35.5. The topological polar surface area (TPSA) is 90.5 Å². The maximum atomic E-state index is 12.5. The fraction of sp³-hybridized carbons (Fsp3) is 0.615. The Hall–Kier alpha value is -1.60. The monoisotopic (exact) mass is 314 g/mol. The van der Waals surface area contributed by atoms with E-state index in [1.165, 1.54) is 10.9 Å². The van der Waals surface area contributed by atoms with Crippen LogP contribution in [0.5, 0.6) is 0 Å². The Morgan fingerprint density at radius 2 is 2.33 bits per heavy atom. The fourth-order valence-corrected chi connectivity index (χ4v) is 3.11. The number of carbonyl (C=O) groups is 2. The van der Waals surface area contributed by atoms with Gasteiger partial charge >= 0.3 is 0 Å². The predicted molar refractivity (Wildman–Crippen MR) is 76.6 cm³/mol. The van der Waals surface area contributed by atoms with Crippen LogP contribution in [-0.4, -0.2) is 52.3 Å². The zero-order valence-electron chi connectivity index (χ0n) is 11.9. The maximum absolute atomic E-state index is 12.5. The van der Waals surface area contributed by atoms with Gasteiger partial charge in [-0.3, -0.25) is 14.3 Å². The van der Waals surface area contributed by atoms with Gasteiger partial charge in [-0.25, -0.2) is 0 Å². The Bertz CT molecular complexity index is 533. The maximum Gasteiger partial charge on any atom is 0.244 e. The van der Waals surface area contributed by atoms with Crippen molar-refractivity contribution in [3.05, 3.63) is 17.4 Å². The molecule has 2 heterocycles. The summed E-state index contributed by atoms with van der Waals surface area (Å²) in [7, 11) is 1.55. The van der Waals surface area contributed by atoms with Gasteiger partial charge in [0, 0.05) is 19.9 Å². The second-order valence-electron chi connectivity index (χ2n) is 5.31. The van der Waals surface area contributed by atoms with Crippen LogP contribution in [0.4, 0.5) is 0 Å². The molecule has 1 aromatic heterocycles. The molecule has 116 valence electrons. The highest BCUT2D eigenvalue weighted by molar-refractivity contribution is 6.30. The van der Waals surface area contributed by atoms with E-state index in [2.05, 4.69) is 5.10 Å². The summed E-state index contributed by atoms with van der Waals surface area (Å²) in [6.07, 6.45) is 4.69. The van der Waals surface area contributed by atoms with Crippen LogP contribution in [-0.2, 0) is 20.9 Å². The van der Waals surface area contributed by atoms with Crippen LogP contribution >= 0.6 is 11.6 Å². The number of rotatable bonds is 6. The Morgan fingerprint density at radius 1 is 1.57 bits per heavy atom. The minimum Gasteiger partial charge on any atom is -0.382 e. The molecule has 0 radical (unpaired) electrons. The van der Waals surface area contributed by atoms with Gasteiger partial charge in [0.1, 0.15) is 6.54 Å². The van der Waals surface area contributed by atoms with Crippen molar-refractivity contribution in [1.82, 2.24) is 14.7 Å². The molecule has 1 aliphatic heterocycles. The third-order valence-corrected chi connectivity index (χ3v) is 3.91. The molecular formula is C13H19ClN4O3. The van der Waals surface area contributed by atoms with Crippen LogP contribution < -0.4 is 5.73 Å². The lowest BCUT2D eigenvalue weighted by Gasteiger charge is -2.37. The lowest BCUT2D eigenvalue weighted by Crippen LogP contribution is -2.53. The van der Waals surface area contributed by atoms with E-state index in [-0.39, 0.29) is 18.9 Å². The third kappa shape index (κ3) is 3.54. The molecular weight excluding hydrogens is 296 g/mol. The molecule has 8 heteroatoms. The molecule has 0 saturated carbocycles. The SMILES string of the molecule is COC[C@@]1(CC(N)=O)CCCN1C(=O)Cn1cc(Cl)cn1. The van der Waals surface area contributed by atoms with Crippen LogP contribution in [0.25, 0.3) is 0 Å². The van der Waals surface area contributed by atoms with E-state index < -0.39 is 11.4 Å². The van der Waals surface area contributed by atoms with Crippen molar-refractivity contribution in [2.75, 3.05) is 20.3 Å². The third-order valence-electron chi connectivity index (χ3n) is 3.71. The first-order chi connectivity index (χ1) is 9.97. The number of primary amides is 1. The Morgan fingerprint density at radius 3 is 2.90 bits per heavy atom. The Kier molecular flexibility index (Phi) is 4.84. The zero-order chi connectivity index (χ0) is 15.5. The molecule has 0 aliphatic carbocycles. The van der Waals surface area contributed by atoms with Crippen molar-refractivity contribution >= 4 is 23.4 Å². The van der Waals surface area contributed by atoms with Crippen LogP contribution in [0, 0.1) is 0 Å². The highest BCUT2D eigenvalue weighted by Crippen LogP contribution is 2.33. The number of carbonyl (C=O) groups excluding carboxylic acids is 2. The summed E-state index contributed by atoms with van der Waals surface area (Å²) in [6, 6.07) is 0. The summed E-state index contributed by atoms with van der Waals surface area (Å²) in [4.78, 5) is 25.6. The van der Waals surface area contributed by atoms with E-state index in [0.29, 0.717) is 24.6 Å². The molecule has 1 aliphatic rings. The molecule has 2 rings (SSSR count). The van der Waals surface area contributed by atoms with Gasteiger partial charge < -0.3 is 15.4 Å². The van der Waals surface area contributed by atoms with E-state index >= 15 is 0 Å². The lowest BCUT2D eigenvalue weighted by molar-refractivity contribution is -0.140. The average Bonchev–Trinajstić information content (AvgIpc) is 2.96. The van der Waals surface area contributed by atoms with Crippen molar-refractivity contribution in [1.29, 1.82) is 0 Å². The molecule has 0 unspecified atom stereocenters.